The highest BCUT2D eigenvalue weighted by Gasteiger charge is 2.11. The quantitative estimate of drug-likeness (QED) is 0.639. The Morgan fingerprint density at radius 3 is 2.52 bits per heavy atom. The minimum atomic E-state index is -0.413. The van der Waals surface area contributed by atoms with Crippen LogP contribution in [0.4, 0.5) is 0 Å². The molecule has 0 aliphatic rings. The van der Waals surface area contributed by atoms with Gasteiger partial charge in [0, 0.05) is 13.1 Å². The predicted octanol–water partition coefficient (Wildman–Crippen LogP) is 2.18. The van der Waals surface area contributed by atoms with Gasteiger partial charge >= 0.3 is 0 Å². The van der Waals surface area contributed by atoms with Gasteiger partial charge in [0.2, 0.25) is 5.91 Å². The van der Waals surface area contributed by atoms with Crippen molar-refractivity contribution in [3.8, 4) is 5.75 Å². The third kappa shape index (κ3) is 9.43. The molecule has 0 radical (unpaired) electrons. The number of nitrogens with zero attached hydrogens (tertiary/aromatic N) is 1. The molecule has 0 aliphatic carbocycles. The summed E-state index contributed by atoms with van der Waals surface area (Å²) in [5, 5.41) is 2.86. The van der Waals surface area contributed by atoms with Crippen LogP contribution in [0, 0.1) is 0 Å². The van der Waals surface area contributed by atoms with E-state index in [4.69, 9.17) is 10.5 Å². The average molecular weight is 344 g/mol. The van der Waals surface area contributed by atoms with Crippen LogP contribution in [0.1, 0.15) is 31.7 Å². The van der Waals surface area contributed by atoms with E-state index in [1.807, 2.05) is 31.2 Å². The Bertz CT molecular complexity index is 438. The summed E-state index contributed by atoms with van der Waals surface area (Å²) in [5.74, 6) is 0.766. The van der Waals surface area contributed by atoms with Crippen LogP contribution in [0.5, 0.6) is 5.75 Å². The smallest absolute Gasteiger partial charge is 0.237 e. The lowest BCUT2D eigenvalue weighted by Gasteiger charge is -2.12. The molecule has 1 amide bonds. The summed E-state index contributed by atoms with van der Waals surface area (Å²) in [6.07, 6.45) is 2.63. The molecule has 1 aromatic carbocycles. The number of hydrogen-bond acceptors (Lipinski definition) is 4. The van der Waals surface area contributed by atoms with Crippen LogP contribution in [0.15, 0.2) is 24.3 Å². The van der Waals surface area contributed by atoms with Gasteiger partial charge in [-0.3, -0.25) is 4.79 Å². The molecule has 1 unspecified atom stereocenters. The number of nitrogens with one attached hydrogen (secondary N) is 1. The van der Waals surface area contributed by atoms with E-state index < -0.39 is 6.04 Å². The lowest BCUT2D eigenvalue weighted by atomic mass is 10.1. The molecule has 1 atom stereocenters. The van der Waals surface area contributed by atoms with E-state index in [2.05, 4.69) is 24.3 Å². The fourth-order valence-corrected chi connectivity index (χ4v) is 2.04. The highest BCUT2D eigenvalue weighted by molar-refractivity contribution is 5.85. The molecule has 1 aromatic rings. The van der Waals surface area contributed by atoms with Crippen molar-refractivity contribution < 1.29 is 9.53 Å². The van der Waals surface area contributed by atoms with E-state index in [1.54, 1.807) is 0 Å². The molecule has 23 heavy (non-hydrogen) atoms. The van der Waals surface area contributed by atoms with Crippen molar-refractivity contribution in [2.45, 2.75) is 38.8 Å². The Hall–Kier alpha value is -1.30. The van der Waals surface area contributed by atoms with E-state index in [9.17, 15) is 4.79 Å². The Balaban J connectivity index is 0.00000484. The Morgan fingerprint density at radius 2 is 1.96 bits per heavy atom. The third-order valence-electron chi connectivity index (χ3n) is 3.34. The summed E-state index contributed by atoms with van der Waals surface area (Å²) < 4.78 is 5.67. The van der Waals surface area contributed by atoms with Gasteiger partial charge in [-0.1, -0.05) is 25.5 Å². The van der Waals surface area contributed by atoms with Crippen molar-refractivity contribution in [3.63, 3.8) is 0 Å². The molecule has 0 heterocycles. The molecule has 0 spiro atoms. The van der Waals surface area contributed by atoms with E-state index in [1.165, 1.54) is 0 Å². The monoisotopic (exact) mass is 343 g/mol. The molecule has 6 heteroatoms. The summed E-state index contributed by atoms with van der Waals surface area (Å²) >= 11 is 0. The second kappa shape index (κ2) is 12.2. The minimum Gasteiger partial charge on any atom is -0.494 e. The molecule has 5 nitrogen and oxygen atoms in total. The number of halogens is 1. The second-order valence-electron chi connectivity index (χ2n) is 5.76. The Labute approximate surface area is 146 Å². The lowest BCUT2D eigenvalue weighted by Crippen LogP contribution is -2.40. The Morgan fingerprint density at radius 1 is 1.30 bits per heavy atom. The second-order valence-corrected chi connectivity index (χ2v) is 5.76. The number of carbonyl (C=O) groups excluding carboxylic acids is 1. The number of benzene rings is 1. The summed E-state index contributed by atoms with van der Waals surface area (Å²) in [5.41, 5.74) is 6.81. The molecule has 132 valence electrons. The molecule has 0 bridgehead atoms. The average Bonchev–Trinajstić information content (AvgIpc) is 2.50. The normalized spacial score (nSPS) is 11.7. The molecule has 0 saturated carbocycles. The molecular weight excluding hydrogens is 314 g/mol. The molecule has 0 aliphatic heterocycles. The summed E-state index contributed by atoms with van der Waals surface area (Å²) in [4.78, 5) is 13.9. The van der Waals surface area contributed by atoms with Gasteiger partial charge in [0.15, 0.2) is 0 Å². The SMILES string of the molecule is CCCC(N)C(=O)NCc1ccc(OCCCN(C)C)cc1.Cl. The third-order valence-corrected chi connectivity index (χ3v) is 3.34. The van der Waals surface area contributed by atoms with Crippen molar-refractivity contribution in [2.75, 3.05) is 27.2 Å². The van der Waals surface area contributed by atoms with E-state index in [-0.39, 0.29) is 18.3 Å². The van der Waals surface area contributed by atoms with Crippen LogP contribution >= 0.6 is 12.4 Å². The van der Waals surface area contributed by atoms with Gasteiger partial charge in [-0.25, -0.2) is 0 Å². The van der Waals surface area contributed by atoms with Gasteiger partial charge in [0.05, 0.1) is 12.6 Å². The maximum atomic E-state index is 11.7. The van der Waals surface area contributed by atoms with Gasteiger partial charge in [-0.05, 0) is 44.6 Å². The highest BCUT2D eigenvalue weighted by Crippen LogP contribution is 2.12. The van der Waals surface area contributed by atoms with Crippen LogP contribution in [0.2, 0.25) is 0 Å². The van der Waals surface area contributed by atoms with Gasteiger partial charge < -0.3 is 20.7 Å². The van der Waals surface area contributed by atoms with Crippen LogP contribution in [-0.2, 0) is 11.3 Å². The number of rotatable bonds is 10. The standard InChI is InChI=1S/C17H29N3O2.ClH/c1-4-6-16(18)17(21)19-13-14-7-9-15(10-8-14)22-12-5-11-20(2)3;/h7-10,16H,4-6,11-13,18H2,1-3H3,(H,19,21);1H. The van der Waals surface area contributed by atoms with E-state index >= 15 is 0 Å². The highest BCUT2D eigenvalue weighted by atomic mass is 35.5. The Kier molecular flexibility index (Phi) is 11.5. The summed E-state index contributed by atoms with van der Waals surface area (Å²) in [6.45, 7) is 4.24. The fraction of sp³-hybridized carbons (Fsp3) is 0.588. The topological polar surface area (TPSA) is 67.6 Å². The first kappa shape index (κ1) is 21.7. The zero-order chi connectivity index (χ0) is 16.4. The maximum Gasteiger partial charge on any atom is 0.237 e. The number of ether oxygens (including phenoxy) is 1. The summed E-state index contributed by atoms with van der Waals surface area (Å²) in [6, 6.07) is 7.38. The first-order valence-electron chi connectivity index (χ1n) is 7.92. The van der Waals surface area contributed by atoms with Gasteiger partial charge in [-0.2, -0.15) is 0 Å². The van der Waals surface area contributed by atoms with Gasteiger partial charge in [-0.15, -0.1) is 12.4 Å². The molecule has 1 rings (SSSR count). The molecule has 0 saturated heterocycles. The van der Waals surface area contributed by atoms with Crippen molar-refractivity contribution in [1.82, 2.24) is 10.2 Å². The largest absolute Gasteiger partial charge is 0.494 e. The van der Waals surface area contributed by atoms with Crippen molar-refractivity contribution in [1.29, 1.82) is 0 Å². The van der Waals surface area contributed by atoms with E-state index in [0.717, 1.165) is 30.7 Å². The predicted molar refractivity (Wildman–Crippen MR) is 97.1 cm³/mol. The number of amides is 1. The molecule has 3 N–H and O–H groups in total. The molecular formula is C17H30ClN3O2. The van der Waals surface area contributed by atoms with E-state index in [0.29, 0.717) is 19.6 Å². The zero-order valence-electron chi connectivity index (χ0n) is 14.4. The minimum absolute atomic E-state index is 0. The molecule has 0 aromatic heterocycles. The van der Waals surface area contributed by atoms with Crippen LogP contribution < -0.4 is 15.8 Å². The lowest BCUT2D eigenvalue weighted by molar-refractivity contribution is -0.122. The van der Waals surface area contributed by atoms with Crippen LogP contribution in [0.25, 0.3) is 0 Å². The number of carbonyl (C=O) groups is 1. The molecule has 0 fully saturated rings. The fourth-order valence-electron chi connectivity index (χ4n) is 2.04. The van der Waals surface area contributed by atoms with Gasteiger partial charge in [0.1, 0.15) is 5.75 Å². The maximum absolute atomic E-state index is 11.7. The first-order chi connectivity index (χ1) is 10.5. The van der Waals surface area contributed by atoms with Crippen molar-refractivity contribution >= 4 is 18.3 Å². The summed E-state index contributed by atoms with van der Waals surface area (Å²) in [7, 11) is 4.10. The zero-order valence-corrected chi connectivity index (χ0v) is 15.2. The van der Waals surface area contributed by atoms with Crippen LogP contribution in [0.3, 0.4) is 0 Å². The number of hydrogen-bond donors (Lipinski definition) is 2. The van der Waals surface area contributed by atoms with Crippen LogP contribution in [-0.4, -0.2) is 44.1 Å². The van der Waals surface area contributed by atoms with Gasteiger partial charge in [0.25, 0.3) is 0 Å². The first-order valence-corrected chi connectivity index (χ1v) is 7.92. The van der Waals surface area contributed by atoms with Crippen molar-refractivity contribution in [3.05, 3.63) is 29.8 Å². The van der Waals surface area contributed by atoms with Crippen molar-refractivity contribution in [2.24, 2.45) is 5.73 Å². The number of nitrogens with two attached hydrogens (primary N) is 1.